The van der Waals surface area contributed by atoms with Gasteiger partial charge >= 0.3 is 0 Å². The fraction of sp³-hybridized carbons (Fsp3) is 0.370. The molecule has 6 rings (SSSR count). The Labute approximate surface area is 208 Å². The molecule has 2 amide bonds. The number of para-hydroxylation sites is 1. The maximum Gasteiger partial charge on any atom is 0.274 e. The summed E-state index contributed by atoms with van der Waals surface area (Å²) in [6, 6.07) is 14.0. The van der Waals surface area contributed by atoms with Crippen molar-refractivity contribution in [3.63, 3.8) is 0 Å². The average Bonchev–Trinajstić information content (AvgIpc) is 3.35. The van der Waals surface area contributed by atoms with E-state index in [1.54, 1.807) is 17.4 Å². The van der Waals surface area contributed by atoms with Gasteiger partial charge in [-0.25, -0.2) is 4.98 Å². The van der Waals surface area contributed by atoms with Crippen molar-refractivity contribution in [3.05, 3.63) is 64.3 Å². The minimum absolute atomic E-state index is 0.0280. The number of hydrogen-bond acceptors (Lipinski definition) is 6. The molecule has 8 heteroatoms. The fourth-order valence-corrected chi connectivity index (χ4v) is 6.30. The Bertz CT molecular complexity index is 1320. The number of piperidine rings is 1. The van der Waals surface area contributed by atoms with Crippen LogP contribution in [0.5, 0.6) is 5.75 Å². The molecule has 0 bridgehead atoms. The number of aryl methyl sites for hydroxylation is 2. The molecule has 0 unspecified atom stereocenters. The number of thiazole rings is 1. The smallest absolute Gasteiger partial charge is 0.274 e. The molecule has 3 aromatic rings. The second-order valence-electron chi connectivity index (χ2n) is 9.61. The van der Waals surface area contributed by atoms with Gasteiger partial charge in [0.2, 0.25) is 0 Å². The van der Waals surface area contributed by atoms with Crippen LogP contribution in [0, 0.1) is 19.8 Å². The fourth-order valence-electron chi connectivity index (χ4n) is 5.39. The molecule has 180 valence electrons. The highest BCUT2D eigenvalue weighted by atomic mass is 32.1. The molecular weight excluding hydrogens is 460 g/mol. The predicted molar refractivity (Wildman–Crippen MR) is 136 cm³/mol. The number of hydrogen-bond donors (Lipinski definition) is 2. The zero-order chi connectivity index (χ0) is 24.1. The van der Waals surface area contributed by atoms with Gasteiger partial charge in [0, 0.05) is 19.1 Å². The van der Waals surface area contributed by atoms with Crippen molar-refractivity contribution in [2.24, 2.45) is 5.92 Å². The summed E-state index contributed by atoms with van der Waals surface area (Å²) >= 11 is 1.56. The number of amides is 2. The van der Waals surface area contributed by atoms with E-state index < -0.39 is 0 Å². The SMILES string of the molecule is Cc1cccc(-c2sc(C)nc2C(=O)N2[C@H](CNC(=O)c3cccc4c3OCCN4)C[C@@H]3C[C@@H]32)c1. The van der Waals surface area contributed by atoms with Crippen molar-refractivity contribution in [1.29, 1.82) is 0 Å². The van der Waals surface area contributed by atoms with Gasteiger partial charge in [-0.15, -0.1) is 11.3 Å². The van der Waals surface area contributed by atoms with Gasteiger partial charge in [0.25, 0.3) is 11.8 Å². The van der Waals surface area contributed by atoms with Gasteiger partial charge in [-0.1, -0.05) is 35.9 Å². The van der Waals surface area contributed by atoms with Gasteiger partial charge in [0.05, 0.1) is 27.2 Å². The van der Waals surface area contributed by atoms with Crippen LogP contribution in [0.2, 0.25) is 0 Å². The molecule has 7 nitrogen and oxygen atoms in total. The molecule has 0 spiro atoms. The molecule has 3 atom stereocenters. The Balaban J connectivity index is 1.22. The van der Waals surface area contributed by atoms with Gasteiger partial charge in [0.1, 0.15) is 12.3 Å². The number of carbonyl (C=O) groups excluding carboxylic acids is 2. The van der Waals surface area contributed by atoms with E-state index in [-0.39, 0.29) is 23.9 Å². The molecule has 2 fully saturated rings. The summed E-state index contributed by atoms with van der Waals surface area (Å²) in [5, 5.41) is 7.21. The average molecular weight is 489 g/mol. The number of nitrogens with one attached hydrogen (secondary N) is 2. The van der Waals surface area contributed by atoms with Crippen molar-refractivity contribution in [2.45, 2.75) is 38.8 Å². The Hall–Kier alpha value is -3.39. The first-order valence-electron chi connectivity index (χ1n) is 12.1. The molecule has 2 N–H and O–H groups in total. The maximum atomic E-state index is 13.8. The Morgan fingerprint density at radius 2 is 2.06 bits per heavy atom. The molecule has 2 aromatic carbocycles. The molecule has 3 heterocycles. The lowest BCUT2D eigenvalue weighted by Crippen LogP contribution is -2.45. The standard InChI is InChI=1S/C27H28N4O3S/c1-15-5-3-6-17(11-15)25-23(30-16(2)35-25)27(33)31-19(12-18-13-22(18)31)14-29-26(32)20-7-4-8-21-24(20)34-10-9-28-21/h3-8,11,18-19,22,28H,9-10,12-14H2,1-2H3,(H,29,32)/t18-,19+,22+/m1/s1. The summed E-state index contributed by atoms with van der Waals surface area (Å²) in [4.78, 5) is 34.4. The number of aromatic nitrogens is 1. The Morgan fingerprint density at radius 3 is 2.91 bits per heavy atom. The van der Waals surface area contributed by atoms with E-state index in [1.807, 2.05) is 36.1 Å². The molecular formula is C27H28N4O3S. The zero-order valence-electron chi connectivity index (χ0n) is 19.8. The second-order valence-corrected chi connectivity index (χ2v) is 10.8. The van der Waals surface area contributed by atoms with Crippen molar-refractivity contribution in [3.8, 4) is 16.2 Å². The van der Waals surface area contributed by atoms with E-state index in [0.29, 0.717) is 36.1 Å². The van der Waals surface area contributed by atoms with Crippen molar-refractivity contribution < 1.29 is 14.3 Å². The first-order valence-corrected chi connectivity index (χ1v) is 13.0. The van der Waals surface area contributed by atoms with Crippen LogP contribution in [0.3, 0.4) is 0 Å². The minimum Gasteiger partial charge on any atom is -0.489 e. The third kappa shape index (κ3) is 4.05. The molecule has 1 saturated heterocycles. The van der Waals surface area contributed by atoms with E-state index in [9.17, 15) is 9.59 Å². The minimum atomic E-state index is -0.177. The monoisotopic (exact) mass is 488 g/mol. The molecule has 1 aromatic heterocycles. The number of anilines is 1. The van der Waals surface area contributed by atoms with Crippen molar-refractivity contribution >= 4 is 28.8 Å². The topological polar surface area (TPSA) is 83.6 Å². The normalized spacial score (nSPS) is 22.0. The number of ether oxygens (including phenoxy) is 1. The summed E-state index contributed by atoms with van der Waals surface area (Å²) in [5.41, 5.74) is 4.06. The van der Waals surface area contributed by atoms with Crippen LogP contribution in [0.4, 0.5) is 5.69 Å². The van der Waals surface area contributed by atoms with E-state index in [2.05, 4.69) is 34.7 Å². The van der Waals surface area contributed by atoms with Crippen LogP contribution in [0.1, 0.15) is 44.3 Å². The maximum absolute atomic E-state index is 13.8. The highest BCUT2D eigenvalue weighted by molar-refractivity contribution is 7.15. The quantitative estimate of drug-likeness (QED) is 0.561. The number of likely N-dealkylation sites (tertiary alicyclic amines) is 1. The summed E-state index contributed by atoms with van der Waals surface area (Å²) in [5.74, 6) is 0.905. The van der Waals surface area contributed by atoms with Gasteiger partial charge in [-0.05, 0) is 50.3 Å². The number of fused-ring (bicyclic) bond motifs is 2. The van der Waals surface area contributed by atoms with Crippen molar-refractivity contribution in [2.75, 3.05) is 25.0 Å². The summed E-state index contributed by atoms with van der Waals surface area (Å²) < 4.78 is 5.76. The summed E-state index contributed by atoms with van der Waals surface area (Å²) in [6.45, 7) is 5.66. The van der Waals surface area contributed by atoms with Crippen molar-refractivity contribution in [1.82, 2.24) is 15.2 Å². The van der Waals surface area contributed by atoms with Crippen LogP contribution in [-0.4, -0.2) is 53.5 Å². The lowest BCUT2D eigenvalue weighted by molar-refractivity contribution is 0.0684. The van der Waals surface area contributed by atoms with Crippen LogP contribution in [0.25, 0.3) is 10.4 Å². The number of nitrogens with zero attached hydrogens (tertiary/aromatic N) is 2. The van der Waals surface area contributed by atoms with Crippen LogP contribution < -0.4 is 15.4 Å². The Morgan fingerprint density at radius 1 is 1.20 bits per heavy atom. The number of carbonyl (C=O) groups is 2. The molecule has 1 saturated carbocycles. The van der Waals surface area contributed by atoms with Gasteiger partial charge in [-0.3, -0.25) is 9.59 Å². The highest BCUT2D eigenvalue weighted by Crippen LogP contribution is 2.49. The lowest BCUT2D eigenvalue weighted by atomic mass is 10.1. The van der Waals surface area contributed by atoms with E-state index in [1.165, 1.54) is 0 Å². The summed E-state index contributed by atoms with van der Waals surface area (Å²) in [7, 11) is 0. The molecule has 2 aliphatic heterocycles. The summed E-state index contributed by atoms with van der Waals surface area (Å²) in [6.07, 6.45) is 1.94. The molecule has 3 aliphatic rings. The van der Waals surface area contributed by atoms with Crippen LogP contribution in [0.15, 0.2) is 42.5 Å². The van der Waals surface area contributed by atoms with E-state index in [4.69, 9.17) is 4.74 Å². The largest absolute Gasteiger partial charge is 0.489 e. The second kappa shape index (κ2) is 8.68. The molecule has 0 radical (unpaired) electrons. The predicted octanol–water partition coefficient (Wildman–Crippen LogP) is 4.26. The van der Waals surface area contributed by atoms with Gasteiger partial charge in [0.15, 0.2) is 5.75 Å². The number of rotatable bonds is 5. The zero-order valence-corrected chi connectivity index (χ0v) is 20.7. The van der Waals surface area contributed by atoms with E-state index in [0.717, 1.165) is 46.1 Å². The lowest BCUT2D eigenvalue weighted by Gasteiger charge is -2.28. The van der Waals surface area contributed by atoms with Gasteiger partial charge in [-0.2, -0.15) is 0 Å². The third-order valence-electron chi connectivity index (χ3n) is 7.08. The van der Waals surface area contributed by atoms with E-state index >= 15 is 0 Å². The first-order chi connectivity index (χ1) is 17.0. The third-order valence-corrected chi connectivity index (χ3v) is 8.10. The molecule has 35 heavy (non-hydrogen) atoms. The molecule has 1 aliphatic carbocycles. The van der Waals surface area contributed by atoms with Gasteiger partial charge < -0.3 is 20.3 Å². The Kier molecular flexibility index (Phi) is 5.48. The number of benzene rings is 2. The van der Waals surface area contributed by atoms with Crippen LogP contribution in [-0.2, 0) is 0 Å². The highest BCUT2D eigenvalue weighted by Gasteiger charge is 2.54. The first kappa shape index (κ1) is 22.1. The van der Waals surface area contributed by atoms with Crippen LogP contribution >= 0.6 is 11.3 Å².